The van der Waals surface area contributed by atoms with Crippen molar-refractivity contribution in [3.63, 3.8) is 0 Å². The molecule has 0 aromatic rings. The molecule has 0 radical (unpaired) electrons. The molecule has 0 bridgehead atoms. The molecule has 0 rings (SSSR count). The van der Waals surface area contributed by atoms with Gasteiger partial charge in [0.15, 0.2) is 6.29 Å². The van der Waals surface area contributed by atoms with Gasteiger partial charge in [0.2, 0.25) is 0 Å². The molecule has 0 saturated heterocycles. The first-order chi connectivity index (χ1) is 6.47. The Balaban J connectivity index is 4.31. The molecule has 0 aromatic carbocycles. The Labute approximate surface area is 81.7 Å². The van der Waals surface area contributed by atoms with Crippen molar-refractivity contribution >= 4 is 5.97 Å². The van der Waals surface area contributed by atoms with E-state index in [1.807, 2.05) is 0 Å². The average molecular weight is 206 g/mol. The maximum atomic E-state index is 10.7. The van der Waals surface area contributed by atoms with Crippen molar-refractivity contribution in [3.05, 3.63) is 12.7 Å². The van der Waals surface area contributed by atoms with Crippen LogP contribution in [0.2, 0.25) is 0 Å². The summed E-state index contributed by atoms with van der Waals surface area (Å²) in [6.45, 7) is 3.68. The second-order valence-electron chi connectivity index (χ2n) is 2.42. The quantitative estimate of drug-likeness (QED) is 0.341. The highest BCUT2D eigenvalue weighted by Crippen LogP contribution is 2.12. The van der Waals surface area contributed by atoms with E-state index in [9.17, 15) is 9.90 Å². The Kier molecular flexibility index (Phi) is 5.32. The Morgan fingerprint density at radius 3 is 2.64 bits per heavy atom. The van der Waals surface area contributed by atoms with Crippen LogP contribution in [0.1, 0.15) is 6.92 Å². The minimum absolute atomic E-state index is 0.829. The van der Waals surface area contributed by atoms with Crippen molar-refractivity contribution in [2.75, 3.05) is 13.7 Å². The zero-order valence-corrected chi connectivity index (χ0v) is 8.10. The van der Waals surface area contributed by atoms with Crippen LogP contribution in [0.3, 0.4) is 0 Å². The molecule has 0 aliphatic heterocycles. The summed E-state index contributed by atoms with van der Waals surface area (Å²) in [5, 5.41) is 18.1. The first-order valence-corrected chi connectivity index (χ1v) is 3.86. The van der Waals surface area contributed by atoms with E-state index in [4.69, 9.17) is 9.84 Å². The van der Waals surface area contributed by atoms with Gasteiger partial charge in [0.25, 0.3) is 0 Å². The van der Waals surface area contributed by atoms with E-state index in [1.54, 1.807) is 0 Å². The molecule has 0 aromatic heterocycles. The summed E-state index contributed by atoms with van der Waals surface area (Å²) in [6.07, 6.45) is 0.00586. The minimum atomic E-state index is -2.40. The van der Waals surface area contributed by atoms with Crippen LogP contribution < -0.4 is 0 Å². The van der Waals surface area contributed by atoms with E-state index in [1.165, 1.54) is 14.0 Å². The molecule has 0 aliphatic rings. The van der Waals surface area contributed by atoms with Gasteiger partial charge in [0.05, 0.1) is 0 Å². The van der Waals surface area contributed by atoms with Crippen molar-refractivity contribution in [1.29, 1.82) is 0 Å². The van der Waals surface area contributed by atoms with Gasteiger partial charge in [-0.1, -0.05) is 6.58 Å². The number of methoxy groups -OCH3 is 1. The minimum Gasteiger partial charge on any atom is -0.403 e. The van der Waals surface area contributed by atoms with Gasteiger partial charge in [0, 0.05) is 13.2 Å². The summed E-state index contributed by atoms with van der Waals surface area (Å²) in [5.74, 6) is -3.31. The highest BCUT2D eigenvalue weighted by Gasteiger charge is 2.33. The molecule has 2 atom stereocenters. The Bertz CT molecular complexity index is 204. The number of hydrogen-bond donors (Lipinski definition) is 2. The van der Waals surface area contributed by atoms with E-state index >= 15 is 0 Å². The van der Waals surface area contributed by atoms with Gasteiger partial charge in [0.1, 0.15) is 6.61 Å². The Morgan fingerprint density at radius 2 is 2.29 bits per heavy atom. The molecule has 2 unspecified atom stereocenters. The average Bonchev–Trinajstić information content (AvgIpc) is 2.17. The number of rotatable bonds is 6. The van der Waals surface area contributed by atoms with Gasteiger partial charge in [-0.3, -0.25) is 4.74 Å². The SMILES string of the molecule is C=CC(=O)OC(O)(CO)OC(C)OC. The van der Waals surface area contributed by atoms with Gasteiger partial charge in [-0.15, -0.1) is 0 Å². The molecule has 14 heavy (non-hydrogen) atoms. The molecule has 82 valence electrons. The summed E-state index contributed by atoms with van der Waals surface area (Å²) in [7, 11) is 1.33. The second-order valence-corrected chi connectivity index (χ2v) is 2.42. The maximum absolute atomic E-state index is 10.7. The van der Waals surface area contributed by atoms with Crippen molar-refractivity contribution in [2.24, 2.45) is 0 Å². The number of ether oxygens (including phenoxy) is 3. The molecular formula is C8H14O6. The zero-order chi connectivity index (χ0) is 11.2. The fraction of sp³-hybridized carbons (Fsp3) is 0.625. The largest absolute Gasteiger partial charge is 0.403 e. The van der Waals surface area contributed by atoms with Gasteiger partial charge in [-0.25, -0.2) is 4.79 Å². The number of hydrogen-bond acceptors (Lipinski definition) is 6. The standard InChI is InChI=1S/C8H14O6/c1-4-7(10)14-8(11,5-9)13-6(2)12-3/h4,6,9,11H,1,5H2,2-3H3. The lowest BCUT2D eigenvalue weighted by Crippen LogP contribution is -2.44. The Morgan fingerprint density at radius 1 is 1.71 bits per heavy atom. The summed E-state index contributed by atoms with van der Waals surface area (Å²) >= 11 is 0. The smallest absolute Gasteiger partial charge is 0.353 e. The van der Waals surface area contributed by atoms with Gasteiger partial charge >= 0.3 is 11.9 Å². The molecule has 0 aliphatic carbocycles. The normalized spacial score (nSPS) is 16.9. The van der Waals surface area contributed by atoms with E-state index in [0.29, 0.717) is 0 Å². The van der Waals surface area contributed by atoms with Crippen molar-refractivity contribution in [2.45, 2.75) is 19.2 Å². The monoisotopic (exact) mass is 206 g/mol. The second kappa shape index (κ2) is 5.71. The molecule has 6 heteroatoms. The van der Waals surface area contributed by atoms with Crippen LogP contribution in [0.25, 0.3) is 0 Å². The third-order valence-corrected chi connectivity index (χ3v) is 1.31. The van der Waals surface area contributed by atoms with Crippen LogP contribution >= 0.6 is 0 Å². The summed E-state index contributed by atoms with van der Waals surface area (Å²) in [4.78, 5) is 10.7. The highest BCUT2D eigenvalue weighted by atomic mass is 16.9. The fourth-order valence-electron chi connectivity index (χ4n) is 0.600. The van der Waals surface area contributed by atoms with Crippen molar-refractivity contribution in [3.8, 4) is 0 Å². The van der Waals surface area contributed by atoms with E-state index in [2.05, 4.69) is 16.1 Å². The summed E-state index contributed by atoms with van der Waals surface area (Å²) in [6, 6.07) is 0. The molecular weight excluding hydrogens is 192 g/mol. The topological polar surface area (TPSA) is 85.2 Å². The number of carbonyl (C=O) groups is 1. The lowest BCUT2D eigenvalue weighted by atomic mass is 10.5. The Hall–Kier alpha value is -0.950. The van der Waals surface area contributed by atoms with E-state index in [-0.39, 0.29) is 0 Å². The van der Waals surface area contributed by atoms with Crippen LogP contribution in [0.15, 0.2) is 12.7 Å². The summed E-state index contributed by atoms with van der Waals surface area (Å²) < 4.78 is 13.7. The third kappa shape index (κ3) is 4.33. The first kappa shape index (κ1) is 13.1. The zero-order valence-electron chi connectivity index (χ0n) is 8.10. The van der Waals surface area contributed by atoms with Crippen LogP contribution in [0.4, 0.5) is 0 Å². The number of esters is 1. The molecule has 0 spiro atoms. The lowest BCUT2D eigenvalue weighted by molar-refractivity contribution is -0.390. The molecule has 6 nitrogen and oxygen atoms in total. The van der Waals surface area contributed by atoms with Gasteiger partial charge in [-0.2, -0.15) is 0 Å². The number of carbonyl (C=O) groups excluding carboxylic acids is 1. The molecule has 0 heterocycles. The number of aliphatic hydroxyl groups is 2. The highest BCUT2D eigenvalue weighted by molar-refractivity contribution is 5.81. The van der Waals surface area contributed by atoms with Crippen LogP contribution in [-0.2, 0) is 19.0 Å². The van der Waals surface area contributed by atoms with Crippen LogP contribution in [0, 0.1) is 0 Å². The molecule has 0 amide bonds. The molecule has 0 saturated carbocycles. The van der Waals surface area contributed by atoms with E-state index in [0.717, 1.165) is 6.08 Å². The molecule has 2 N–H and O–H groups in total. The van der Waals surface area contributed by atoms with Crippen molar-refractivity contribution < 1.29 is 29.2 Å². The van der Waals surface area contributed by atoms with Crippen LogP contribution in [0.5, 0.6) is 0 Å². The maximum Gasteiger partial charge on any atom is 0.353 e. The summed E-state index contributed by atoms with van der Waals surface area (Å²) in [5.41, 5.74) is 0. The number of aliphatic hydroxyl groups excluding tert-OH is 1. The fourth-order valence-corrected chi connectivity index (χ4v) is 0.600. The van der Waals surface area contributed by atoms with E-state index < -0.39 is 24.8 Å². The van der Waals surface area contributed by atoms with Crippen molar-refractivity contribution in [1.82, 2.24) is 0 Å². The molecule has 0 fully saturated rings. The van der Waals surface area contributed by atoms with Gasteiger partial charge < -0.3 is 19.7 Å². The predicted molar refractivity (Wildman–Crippen MR) is 45.9 cm³/mol. The third-order valence-electron chi connectivity index (χ3n) is 1.31. The lowest BCUT2D eigenvalue weighted by Gasteiger charge is -2.27. The predicted octanol–water partition coefficient (Wildman–Crippen LogP) is -0.637. The van der Waals surface area contributed by atoms with Crippen LogP contribution in [-0.4, -0.2) is 42.2 Å². The van der Waals surface area contributed by atoms with Gasteiger partial charge in [-0.05, 0) is 6.92 Å². The first-order valence-electron chi connectivity index (χ1n) is 3.86.